The molecule has 1 heterocycles. The molecule has 0 aliphatic heterocycles. The molecular weight excluding hydrogens is 228 g/mol. The van der Waals surface area contributed by atoms with Crippen molar-refractivity contribution in [3.8, 4) is 17.1 Å². The standard InChI is InChI=1S/C14H12N2O2/c1-18-10-4-2-3-9(7-10)14-15-8-11-12(16-14)5-6-13(11)17/h2-4,7-8H,5-6H2,1H3. The summed E-state index contributed by atoms with van der Waals surface area (Å²) in [5.41, 5.74) is 2.42. The predicted molar refractivity (Wildman–Crippen MR) is 66.7 cm³/mol. The molecule has 1 aliphatic carbocycles. The molecule has 0 bridgehead atoms. The number of nitrogens with zero attached hydrogens (tertiary/aromatic N) is 2. The number of carbonyl (C=O) groups is 1. The van der Waals surface area contributed by atoms with Crippen molar-refractivity contribution in [2.75, 3.05) is 7.11 Å². The zero-order chi connectivity index (χ0) is 12.5. The van der Waals surface area contributed by atoms with Crippen molar-refractivity contribution >= 4 is 5.78 Å². The third-order valence-electron chi connectivity index (χ3n) is 3.08. The molecule has 0 N–H and O–H groups in total. The minimum absolute atomic E-state index is 0.141. The van der Waals surface area contributed by atoms with Gasteiger partial charge in [-0.25, -0.2) is 9.97 Å². The summed E-state index contributed by atoms with van der Waals surface area (Å²) >= 11 is 0. The van der Waals surface area contributed by atoms with Gasteiger partial charge in [0, 0.05) is 18.2 Å². The number of fused-ring (bicyclic) bond motifs is 1. The predicted octanol–water partition coefficient (Wildman–Crippen LogP) is 2.28. The van der Waals surface area contributed by atoms with Crippen LogP contribution in [0.4, 0.5) is 0 Å². The second kappa shape index (κ2) is 4.22. The number of rotatable bonds is 2. The average molecular weight is 240 g/mol. The Morgan fingerprint density at radius 2 is 2.17 bits per heavy atom. The minimum atomic E-state index is 0.141. The topological polar surface area (TPSA) is 52.1 Å². The number of hydrogen-bond acceptors (Lipinski definition) is 4. The first-order valence-corrected chi connectivity index (χ1v) is 5.81. The highest BCUT2D eigenvalue weighted by Crippen LogP contribution is 2.24. The van der Waals surface area contributed by atoms with Crippen molar-refractivity contribution in [1.82, 2.24) is 9.97 Å². The monoisotopic (exact) mass is 240 g/mol. The van der Waals surface area contributed by atoms with E-state index in [2.05, 4.69) is 9.97 Å². The number of methoxy groups -OCH3 is 1. The number of aryl methyl sites for hydroxylation is 1. The molecule has 0 saturated carbocycles. The van der Waals surface area contributed by atoms with Gasteiger partial charge in [0.1, 0.15) is 5.75 Å². The molecule has 0 fully saturated rings. The highest BCUT2D eigenvalue weighted by Gasteiger charge is 2.21. The largest absolute Gasteiger partial charge is 0.497 e. The number of benzene rings is 1. The number of hydrogen-bond donors (Lipinski definition) is 0. The van der Waals surface area contributed by atoms with Crippen LogP contribution in [0.3, 0.4) is 0 Å². The van der Waals surface area contributed by atoms with Crippen molar-refractivity contribution in [3.05, 3.63) is 41.7 Å². The molecule has 0 radical (unpaired) electrons. The van der Waals surface area contributed by atoms with Gasteiger partial charge in [-0.1, -0.05) is 12.1 Å². The minimum Gasteiger partial charge on any atom is -0.497 e. The van der Waals surface area contributed by atoms with Crippen molar-refractivity contribution in [1.29, 1.82) is 0 Å². The first kappa shape index (κ1) is 10.9. The molecule has 0 amide bonds. The number of ketones is 1. The molecule has 1 aliphatic rings. The molecular formula is C14H12N2O2. The van der Waals surface area contributed by atoms with Crippen LogP contribution >= 0.6 is 0 Å². The fourth-order valence-electron chi connectivity index (χ4n) is 2.11. The molecule has 0 spiro atoms. The summed E-state index contributed by atoms with van der Waals surface area (Å²) in [7, 11) is 1.63. The van der Waals surface area contributed by atoms with Gasteiger partial charge < -0.3 is 4.74 Å². The molecule has 4 heteroatoms. The van der Waals surface area contributed by atoms with Gasteiger partial charge in [-0.2, -0.15) is 0 Å². The molecule has 0 atom stereocenters. The number of ether oxygens (including phenoxy) is 1. The smallest absolute Gasteiger partial charge is 0.166 e. The van der Waals surface area contributed by atoms with E-state index < -0.39 is 0 Å². The zero-order valence-corrected chi connectivity index (χ0v) is 10.0. The summed E-state index contributed by atoms with van der Waals surface area (Å²) in [6.45, 7) is 0. The van der Waals surface area contributed by atoms with Gasteiger partial charge in [-0.15, -0.1) is 0 Å². The van der Waals surface area contributed by atoms with Gasteiger partial charge in [0.15, 0.2) is 11.6 Å². The molecule has 1 aromatic heterocycles. The van der Waals surface area contributed by atoms with Crippen LogP contribution in [-0.4, -0.2) is 22.9 Å². The Bertz CT molecular complexity index is 623. The van der Waals surface area contributed by atoms with E-state index in [0.29, 0.717) is 24.2 Å². The van der Waals surface area contributed by atoms with Crippen LogP contribution in [0.2, 0.25) is 0 Å². The van der Waals surface area contributed by atoms with E-state index >= 15 is 0 Å². The fourth-order valence-corrected chi connectivity index (χ4v) is 2.11. The van der Waals surface area contributed by atoms with E-state index in [9.17, 15) is 4.79 Å². The second-order valence-electron chi connectivity index (χ2n) is 4.21. The number of carbonyl (C=O) groups excluding carboxylic acids is 1. The summed E-state index contributed by atoms with van der Waals surface area (Å²) in [5.74, 6) is 1.55. The summed E-state index contributed by atoms with van der Waals surface area (Å²) in [6.07, 6.45) is 2.89. The van der Waals surface area contributed by atoms with Crippen LogP contribution < -0.4 is 4.74 Å². The Morgan fingerprint density at radius 3 is 3.00 bits per heavy atom. The normalized spacial score (nSPS) is 13.5. The van der Waals surface area contributed by atoms with Crippen LogP contribution in [-0.2, 0) is 6.42 Å². The number of aromatic nitrogens is 2. The quantitative estimate of drug-likeness (QED) is 0.808. The van der Waals surface area contributed by atoms with Crippen LogP contribution in [0, 0.1) is 0 Å². The molecule has 3 rings (SSSR count). The lowest BCUT2D eigenvalue weighted by Crippen LogP contribution is -1.98. The lowest BCUT2D eigenvalue weighted by Gasteiger charge is -2.04. The maximum absolute atomic E-state index is 11.5. The Morgan fingerprint density at radius 1 is 1.28 bits per heavy atom. The van der Waals surface area contributed by atoms with E-state index in [1.165, 1.54) is 0 Å². The second-order valence-corrected chi connectivity index (χ2v) is 4.21. The zero-order valence-electron chi connectivity index (χ0n) is 10.0. The number of Topliss-reactive ketones (excluding diaryl/α,β-unsaturated/α-hetero) is 1. The molecule has 90 valence electrons. The molecule has 18 heavy (non-hydrogen) atoms. The lowest BCUT2D eigenvalue weighted by atomic mass is 10.2. The van der Waals surface area contributed by atoms with Gasteiger partial charge in [-0.05, 0) is 18.6 Å². The molecule has 4 nitrogen and oxygen atoms in total. The van der Waals surface area contributed by atoms with E-state index in [1.807, 2.05) is 24.3 Å². The van der Waals surface area contributed by atoms with Crippen molar-refractivity contribution in [2.45, 2.75) is 12.8 Å². The maximum atomic E-state index is 11.5. The maximum Gasteiger partial charge on any atom is 0.166 e. The lowest BCUT2D eigenvalue weighted by molar-refractivity contribution is 0.0994. The van der Waals surface area contributed by atoms with Gasteiger partial charge in [0.2, 0.25) is 0 Å². The first-order valence-electron chi connectivity index (χ1n) is 5.81. The summed E-state index contributed by atoms with van der Waals surface area (Å²) in [5, 5.41) is 0. The summed E-state index contributed by atoms with van der Waals surface area (Å²) in [6, 6.07) is 7.59. The Labute approximate surface area is 105 Å². The van der Waals surface area contributed by atoms with Crippen molar-refractivity contribution in [3.63, 3.8) is 0 Å². The van der Waals surface area contributed by atoms with Crippen molar-refractivity contribution in [2.24, 2.45) is 0 Å². The van der Waals surface area contributed by atoms with Gasteiger partial charge >= 0.3 is 0 Å². The third kappa shape index (κ3) is 1.76. The summed E-state index contributed by atoms with van der Waals surface area (Å²) in [4.78, 5) is 20.2. The summed E-state index contributed by atoms with van der Waals surface area (Å²) < 4.78 is 5.18. The molecule has 0 unspecified atom stereocenters. The molecule has 2 aromatic rings. The van der Waals surface area contributed by atoms with E-state index in [-0.39, 0.29) is 5.78 Å². The molecule has 1 aromatic carbocycles. The highest BCUT2D eigenvalue weighted by atomic mass is 16.5. The SMILES string of the molecule is COc1cccc(-c2ncc3c(n2)CCC3=O)c1. The third-order valence-corrected chi connectivity index (χ3v) is 3.08. The van der Waals surface area contributed by atoms with E-state index in [1.54, 1.807) is 13.3 Å². The Kier molecular flexibility index (Phi) is 2.55. The van der Waals surface area contributed by atoms with Gasteiger partial charge in [0.05, 0.1) is 18.4 Å². The van der Waals surface area contributed by atoms with Crippen LogP contribution in [0.1, 0.15) is 22.5 Å². The average Bonchev–Trinajstić information content (AvgIpc) is 2.80. The van der Waals surface area contributed by atoms with Gasteiger partial charge in [-0.3, -0.25) is 4.79 Å². The van der Waals surface area contributed by atoms with Crippen LogP contribution in [0.25, 0.3) is 11.4 Å². The Hall–Kier alpha value is -2.23. The highest BCUT2D eigenvalue weighted by molar-refractivity contribution is 5.99. The van der Waals surface area contributed by atoms with Crippen molar-refractivity contribution < 1.29 is 9.53 Å². The molecule has 0 saturated heterocycles. The fraction of sp³-hybridized carbons (Fsp3) is 0.214. The van der Waals surface area contributed by atoms with E-state index in [4.69, 9.17) is 4.74 Å². The van der Waals surface area contributed by atoms with Crippen LogP contribution in [0.5, 0.6) is 5.75 Å². The first-order chi connectivity index (χ1) is 8.78. The van der Waals surface area contributed by atoms with E-state index in [0.717, 1.165) is 17.0 Å². The van der Waals surface area contributed by atoms with Crippen LogP contribution in [0.15, 0.2) is 30.5 Å². The van der Waals surface area contributed by atoms with Gasteiger partial charge in [0.25, 0.3) is 0 Å². The Balaban J connectivity index is 2.05.